The van der Waals surface area contributed by atoms with E-state index in [4.69, 9.17) is 16.0 Å². The number of nitrogens with one attached hydrogen (secondary N) is 2. The van der Waals surface area contributed by atoms with Gasteiger partial charge < -0.3 is 20.2 Å². The van der Waals surface area contributed by atoms with Crippen molar-refractivity contribution in [1.29, 1.82) is 0 Å². The quantitative estimate of drug-likeness (QED) is 0.319. The molecule has 0 unspecified atom stereocenters. The Balaban J connectivity index is 1.38. The molecular formula is C24H22ClF3N4O4. The Hall–Kier alpha value is -3.60. The van der Waals surface area contributed by atoms with Crippen LogP contribution in [0.3, 0.4) is 0 Å². The van der Waals surface area contributed by atoms with Crippen molar-refractivity contribution in [2.75, 3.05) is 10.6 Å². The van der Waals surface area contributed by atoms with Crippen molar-refractivity contribution in [2.24, 2.45) is 11.8 Å². The largest absolute Gasteiger partial charge is 0.481 e. The first-order chi connectivity index (χ1) is 17.1. The fraction of sp³-hybridized carbons (Fsp3) is 0.333. The average Bonchev–Trinajstić information content (AvgIpc) is 3.32. The van der Waals surface area contributed by atoms with E-state index in [1.165, 1.54) is 0 Å². The van der Waals surface area contributed by atoms with Gasteiger partial charge >= 0.3 is 23.8 Å². The van der Waals surface area contributed by atoms with Gasteiger partial charge in [0.2, 0.25) is 0 Å². The van der Waals surface area contributed by atoms with Crippen LogP contribution < -0.4 is 10.6 Å². The maximum atomic E-state index is 13.8. The van der Waals surface area contributed by atoms with Gasteiger partial charge in [0.15, 0.2) is 11.6 Å². The first-order valence-electron chi connectivity index (χ1n) is 11.2. The molecule has 1 aromatic heterocycles. The van der Waals surface area contributed by atoms with Crippen LogP contribution in [-0.4, -0.2) is 27.2 Å². The molecule has 1 saturated carbocycles. The number of hydrogen-bond donors (Lipinski definition) is 3. The normalized spacial score (nSPS) is 18.5. The molecule has 3 aromatic rings. The van der Waals surface area contributed by atoms with E-state index in [0.717, 1.165) is 31.2 Å². The second-order valence-electron chi connectivity index (χ2n) is 8.72. The van der Waals surface area contributed by atoms with E-state index in [1.807, 2.05) is 6.07 Å². The molecule has 1 fully saturated rings. The molecule has 0 aliphatic heterocycles. The number of carbonyl (C=O) groups is 2. The van der Waals surface area contributed by atoms with Crippen LogP contribution in [0, 0.1) is 29.3 Å². The van der Waals surface area contributed by atoms with Crippen molar-refractivity contribution in [3.05, 3.63) is 64.3 Å². The summed E-state index contributed by atoms with van der Waals surface area (Å²) in [6.45, 7) is 1.74. The number of amides is 1. The van der Waals surface area contributed by atoms with E-state index in [9.17, 15) is 27.9 Å². The molecule has 36 heavy (non-hydrogen) atoms. The summed E-state index contributed by atoms with van der Waals surface area (Å²) in [7, 11) is 0. The summed E-state index contributed by atoms with van der Waals surface area (Å²) in [6, 6.07) is 5.78. The van der Waals surface area contributed by atoms with E-state index in [-0.39, 0.29) is 17.8 Å². The molecule has 4 rings (SSSR count). The molecule has 0 radical (unpaired) electrons. The Labute approximate surface area is 208 Å². The number of aliphatic carboxylic acids is 1. The summed E-state index contributed by atoms with van der Waals surface area (Å²) in [4.78, 5) is 23.7. The molecule has 12 heteroatoms. The summed E-state index contributed by atoms with van der Waals surface area (Å²) in [5, 5.41) is 21.5. The molecule has 3 N–H and O–H groups in total. The third-order valence-corrected chi connectivity index (χ3v) is 6.76. The molecule has 1 atom stereocenters. The van der Waals surface area contributed by atoms with Crippen molar-refractivity contribution < 1.29 is 32.3 Å². The third kappa shape index (κ3) is 5.62. The molecule has 1 amide bonds. The molecule has 1 aliphatic rings. The molecule has 1 aliphatic carbocycles. The highest BCUT2D eigenvalue weighted by molar-refractivity contribution is 6.34. The molecular weight excluding hydrogens is 501 g/mol. The maximum Gasteiger partial charge on any atom is 0.320 e. The molecule has 0 spiro atoms. The van der Waals surface area contributed by atoms with Crippen molar-refractivity contribution in [1.82, 2.24) is 10.2 Å². The highest BCUT2D eigenvalue weighted by Gasteiger charge is 2.29. The van der Waals surface area contributed by atoms with Crippen LogP contribution in [0.1, 0.15) is 54.8 Å². The third-order valence-electron chi connectivity index (χ3n) is 6.45. The van der Waals surface area contributed by atoms with Gasteiger partial charge in [-0.25, -0.2) is 13.2 Å². The highest BCUT2D eigenvalue weighted by Crippen LogP contribution is 2.40. The van der Waals surface area contributed by atoms with Crippen molar-refractivity contribution in [3.63, 3.8) is 0 Å². The Kier molecular flexibility index (Phi) is 7.48. The summed E-state index contributed by atoms with van der Waals surface area (Å²) < 4.78 is 45.4. The van der Waals surface area contributed by atoms with Gasteiger partial charge in [0.1, 0.15) is 5.82 Å². The Morgan fingerprint density at radius 1 is 1.03 bits per heavy atom. The first-order valence-corrected chi connectivity index (χ1v) is 11.6. The van der Waals surface area contributed by atoms with Crippen LogP contribution in [0.2, 0.25) is 5.02 Å². The lowest BCUT2D eigenvalue weighted by Gasteiger charge is -2.31. The Bertz CT molecular complexity index is 1290. The van der Waals surface area contributed by atoms with Crippen LogP contribution in [-0.2, 0) is 4.79 Å². The van der Waals surface area contributed by atoms with Gasteiger partial charge in [0.05, 0.1) is 22.3 Å². The smallest absolute Gasteiger partial charge is 0.320 e. The maximum absolute atomic E-state index is 13.8. The zero-order valence-corrected chi connectivity index (χ0v) is 19.8. The van der Waals surface area contributed by atoms with E-state index in [1.54, 1.807) is 19.1 Å². The summed E-state index contributed by atoms with van der Waals surface area (Å²) in [5.41, 5.74) is 0.852. The van der Waals surface area contributed by atoms with Crippen LogP contribution in [0.25, 0.3) is 0 Å². The second kappa shape index (κ2) is 10.6. The number of hydrogen-bond acceptors (Lipinski definition) is 6. The molecule has 2 aromatic carbocycles. The van der Waals surface area contributed by atoms with Crippen molar-refractivity contribution in [2.45, 2.75) is 38.5 Å². The number of rotatable bonds is 7. The molecule has 190 valence electrons. The lowest BCUT2D eigenvalue weighted by atomic mass is 9.74. The second-order valence-corrected chi connectivity index (χ2v) is 9.12. The topological polar surface area (TPSA) is 117 Å². The van der Waals surface area contributed by atoms with Crippen LogP contribution in [0.5, 0.6) is 0 Å². The molecule has 8 nitrogen and oxygen atoms in total. The zero-order chi connectivity index (χ0) is 26.0. The van der Waals surface area contributed by atoms with E-state index in [2.05, 4.69) is 20.8 Å². The number of aromatic nitrogens is 2. The lowest BCUT2D eigenvalue weighted by Crippen LogP contribution is -2.24. The number of anilines is 3. The first kappa shape index (κ1) is 25.5. The van der Waals surface area contributed by atoms with Crippen LogP contribution >= 0.6 is 11.6 Å². The average molecular weight is 523 g/mol. The number of halogens is 4. The summed E-state index contributed by atoms with van der Waals surface area (Å²) in [5.74, 6) is -5.72. The monoisotopic (exact) mass is 522 g/mol. The Morgan fingerprint density at radius 2 is 1.72 bits per heavy atom. The highest BCUT2D eigenvalue weighted by atomic mass is 35.5. The zero-order valence-electron chi connectivity index (χ0n) is 19.0. The number of carboxylic acid groups (broad SMARTS) is 1. The SMILES string of the molecule is C[C@H](C(=O)O)C1CCC(c2ccc(NC(=O)c3nnc(Nc4cc(F)c(F)cc4F)o3)c(Cl)c2)CC1. The van der Waals surface area contributed by atoms with Gasteiger partial charge in [-0.3, -0.25) is 9.59 Å². The van der Waals surface area contributed by atoms with Crippen LogP contribution in [0.15, 0.2) is 34.7 Å². The number of benzene rings is 2. The van der Waals surface area contributed by atoms with Gasteiger partial charge in [0.25, 0.3) is 0 Å². The minimum absolute atomic E-state index is 0.153. The molecule has 0 saturated heterocycles. The summed E-state index contributed by atoms with van der Waals surface area (Å²) >= 11 is 6.38. The van der Waals surface area contributed by atoms with Gasteiger partial charge in [-0.05, 0) is 55.2 Å². The lowest BCUT2D eigenvalue weighted by molar-refractivity contribution is -0.143. The van der Waals surface area contributed by atoms with Crippen molar-refractivity contribution in [3.8, 4) is 0 Å². The fourth-order valence-electron chi connectivity index (χ4n) is 4.32. The van der Waals surface area contributed by atoms with E-state index >= 15 is 0 Å². The molecule has 0 bridgehead atoms. The van der Waals surface area contributed by atoms with Gasteiger partial charge in [-0.15, -0.1) is 5.10 Å². The van der Waals surface area contributed by atoms with Gasteiger partial charge in [-0.1, -0.05) is 29.7 Å². The Morgan fingerprint density at radius 3 is 2.39 bits per heavy atom. The van der Waals surface area contributed by atoms with E-state index < -0.39 is 46.9 Å². The standard InChI is InChI=1S/C24H22ClF3N4O4/c1-11(23(34)35)12-2-4-13(5-3-12)14-6-7-19(15(25)8-14)29-21(33)22-31-32-24(36-22)30-20-10-17(27)16(26)9-18(20)28/h6-13H,2-5H2,1H3,(H,29,33)(H,30,32)(H,34,35)/t11-,12?,13?/m0/s1. The van der Waals surface area contributed by atoms with E-state index in [0.29, 0.717) is 22.8 Å². The number of carboxylic acids is 1. The van der Waals surface area contributed by atoms with Crippen molar-refractivity contribution >= 4 is 40.9 Å². The minimum Gasteiger partial charge on any atom is -0.481 e. The number of carbonyl (C=O) groups excluding carboxylic acids is 1. The predicted octanol–water partition coefficient (Wildman–Crippen LogP) is 6.13. The van der Waals surface area contributed by atoms with Crippen LogP contribution in [0.4, 0.5) is 30.6 Å². The van der Waals surface area contributed by atoms with Gasteiger partial charge in [0, 0.05) is 12.1 Å². The molecule has 1 heterocycles. The number of nitrogens with zero attached hydrogens (tertiary/aromatic N) is 2. The summed E-state index contributed by atoms with van der Waals surface area (Å²) in [6.07, 6.45) is 3.33. The van der Waals surface area contributed by atoms with Gasteiger partial charge in [-0.2, -0.15) is 0 Å². The predicted molar refractivity (Wildman–Crippen MR) is 125 cm³/mol. The fourth-order valence-corrected chi connectivity index (χ4v) is 4.55. The minimum atomic E-state index is -1.35.